The highest BCUT2D eigenvalue weighted by Crippen LogP contribution is 2.35. The Morgan fingerprint density at radius 1 is 0.838 bits per heavy atom. The van der Waals surface area contributed by atoms with E-state index in [-0.39, 0.29) is 11.8 Å². The minimum Gasteiger partial charge on any atom is -0.355 e. The Morgan fingerprint density at radius 2 is 1.43 bits per heavy atom. The molecule has 7 nitrogen and oxygen atoms in total. The summed E-state index contributed by atoms with van der Waals surface area (Å²) in [5, 5.41) is 0.504. The highest BCUT2D eigenvalue weighted by atomic mass is 32.2. The van der Waals surface area contributed by atoms with Gasteiger partial charge in [0.1, 0.15) is 17.1 Å². The van der Waals surface area contributed by atoms with Crippen molar-refractivity contribution in [2.45, 2.75) is 32.0 Å². The third-order valence-corrected chi connectivity index (χ3v) is 7.75. The SMILES string of the molecule is Cc1cc(C)nc(SC2=C(N3CC[NH+](Cc4ccccc4)CC3)C(=O)N(CCc3ccccc3)C2=O)n1. The average Bonchev–Trinajstić information content (AvgIpc) is 3.12. The van der Waals surface area contributed by atoms with Crippen LogP contribution in [0.2, 0.25) is 0 Å². The van der Waals surface area contributed by atoms with E-state index in [4.69, 9.17) is 0 Å². The summed E-state index contributed by atoms with van der Waals surface area (Å²) in [7, 11) is 0. The summed E-state index contributed by atoms with van der Waals surface area (Å²) >= 11 is 1.22. The number of rotatable bonds is 8. The van der Waals surface area contributed by atoms with Crippen LogP contribution in [-0.2, 0) is 22.6 Å². The maximum Gasteiger partial charge on any atom is 0.278 e. The summed E-state index contributed by atoms with van der Waals surface area (Å²) in [5.41, 5.74) is 4.60. The molecule has 0 saturated carbocycles. The molecule has 0 unspecified atom stereocenters. The molecule has 37 heavy (non-hydrogen) atoms. The molecule has 1 saturated heterocycles. The van der Waals surface area contributed by atoms with E-state index in [1.165, 1.54) is 27.1 Å². The number of carbonyl (C=O) groups excluding carboxylic acids is 2. The molecule has 0 radical (unpaired) electrons. The van der Waals surface area contributed by atoms with Crippen molar-refractivity contribution in [1.82, 2.24) is 19.8 Å². The molecule has 2 aliphatic rings. The van der Waals surface area contributed by atoms with Crippen molar-refractivity contribution in [1.29, 1.82) is 0 Å². The number of carbonyl (C=O) groups is 2. The number of aryl methyl sites for hydroxylation is 2. The molecule has 2 aromatic carbocycles. The fourth-order valence-corrected chi connectivity index (χ4v) is 6.01. The molecule has 0 aliphatic carbocycles. The van der Waals surface area contributed by atoms with Crippen LogP contribution in [0.5, 0.6) is 0 Å². The first-order valence-electron chi connectivity index (χ1n) is 12.7. The molecule has 2 amide bonds. The van der Waals surface area contributed by atoms with Crippen molar-refractivity contribution in [3.05, 3.63) is 99.8 Å². The zero-order chi connectivity index (χ0) is 25.8. The van der Waals surface area contributed by atoms with E-state index in [0.717, 1.165) is 49.7 Å². The van der Waals surface area contributed by atoms with Crippen LogP contribution in [0.4, 0.5) is 0 Å². The van der Waals surface area contributed by atoms with E-state index in [1.807, 2.05) is 56.3 Å². The number of nitrogens with one attached hydrogen (secondary N) is 1. The van der Waals surface area contributed by atoms with Crippen molar-refractivity contribution < 1.29 is 14.5 Å². The Balaban J connectivity index is 1.36. The number of hydrogen-bond acceptors (Lipinski definition) is 6. The summed E-state index contributed by atoms with van der Waals surface area (Å²) < 4.78 is 0. The zero-order valence-electron chi connectivity index (χ0n) is 21.3. The maximum absolute atomic E-state index is 13.7. The predicted octanol–water partition coefficient (Wildman–Crippen LogP) is 2.41. The molecular formula is C29H32N5O2S+. The van der Waals surface area contributed by atoms with Gasteiger partial charge in [-0.15, -0.1) is 0 Å². The molecule has 1 N–H and O–H groups in total. The topological polar surface area (TPSA) is 70.8 Å². The van der Waals surface area contributed by atoms with Crippen molar-refractivity contribution in [3.63, 3.8) is 0 Å². The number of benzene rings is 2. The molecule has 190 valence electrons. The number of quaternary nitrogens is 1. The van der Waals surface area contributed by atoms with Crippen LogP contribution in [0, 0.1) is 13.8 Å². The Hall–Kier alpha value is -3.49. The van der Waals surface area contributed by atoms with Crippen LogP contribution in [0.25, 0.3) is 0 Å². The second-order valence-electron chi connectivity index (χ2n) is 9.61. The number of hydrogen-bond donors (Lipinski definition) is 1. The monoisotopic (exact) mass is 514 g/mol. The van der Waals surface area contributed by atoms with E-state index >= 15 is 0 Å². The Morgan fingerprint density at radius 3 is 2.05 bits per heavy atom. The van der Waals surface area contributed by atoms with Crippen LogP contribution >= 0.6 is 11.8 Å². The number of nitrogens with zero attached hydrogens (tertiary/aromatic N) is 4. The molecule has 5 rings (SSSR count). The zero-order valence-corrected chi connectivity index (χ0v) is 22.1. The average molecular weight is 515 g/mol. The minimum atomic E-state index is -0.247. The molecule has 8 heteroatoms. The Bertz CT molecular complexity index is 1280. The summed E-state index contributed by atoms with van der Waals surface area (Å²) in [6.07, 6.45) is 0.624. The highest BCUT2D eigenvalue weighted by Gasteiger charge is 2.42. The van der Waals surface area contributed by atoms with Crippen LogP contribution in [0.3, 0.4) is 0 Å². The van der Waals surface area contributed by atoms with Crippen molar-refractivity contribution >= 4 is 23.6 Å². The van der Waals surface area contributed by atoms with E-state index < -0.39 is 0 Å². The van der Waals surface area contributed by atoms with Gasteiger partial charge in [-0.3, -0.25) is 14.5 Å². The number of imide groups is 1. The molecule has 3 aromatic rings. The molecule has 3 heterocycles. The van der Waals surface area contributed by atoms with Gasteiger partial charge in [0.15, 0.2) is 5.16 Å². The Kier molecular flexibility index (Phi) is 7.67. The van der Waals surface area contributed by atoms with Crippen LogP contribution in [0.15, 0.2) is 82.5 Å². The number of piperazine rings is 1. The molecule has 2 aliphatic heterocycles. The normalized spacial score (nSPS) is 16.7. The molecule has 1 fully saturated rings. The lowest BCUT2D eigenvalue weighted by molar-refractivity contribution is -0.917. The second kappa shape index (κ2) is 11.3. The lowest BCUT2D eigenvalue weighted by Gasteiger charge is -2.34. The number of aromatic nitrogens is 2. The van der Waals surface area contributed by atoms with Gasteiger partial charge in [0, 0.05) is 23.5 Å². The van der Waals surface area contributed by atoms with Crippen LogP contribution < -0.4 is 4.90 Å². The van der Waals surface area contributed by atoms with Gasteiger partial charge in [-0.05, 0) is 43.7 Å². The van der Waals surface area contributed by atoms with E-state index in [2.05, 4.69) is 39.1 Å². The van der Waals surface area contributed by atoms with E-state index in [0.29, 0.717) is 28.7 Å². The van der Waals surface area contributed by atoms with Crippen molar-refractivity contribution in [2.75, 3.05) is 32.7 Å². The van der Waals surface area contributed by atoms with Gasteiger partial charge >= 0.3 is 0 Å². The summed E-state index contributed by atoms with van der Waals surface area (Å²) in [5.74, 6) is -0.456. The highest BCUT2D eigenvalue weighted by molar-refractivity contribution is 8.04. The first-order valence-corrected chi connectivity index (χ1v) is 13.6. The lowest BCUT2D eigenvalue weighted by atomic mass is 10.1. The third kappa shape index (κ3) is 5.92. The smallest absolute Gasteiger partial charge is 0.278 e. The van der Waals surface area contributed by atoms with Gasteiger partial charge in [0.05, 0.1) is 26.2 Å². The lowest BCUT2D eigenvalue weighted by Crippen LogP contribution is -3.13. The number of thioether (sulfide) groups is 1. The fourth-order valence-electron chi connectivity index (χ4n) is 4.94. The van der Waals surface area contributed by atoms with Crippen molar-refractivity contribution in [2.24, 2.45) is 0 Å². The van der Waals surface area contributed by atoms with Gasteiger partial charge in [0.25, 0.3) is 11.8 Å². The van der Waals surface area contributed by atoms with Crippen molar-refractivity contribution in [3.8, 4) is 0 Å². The van der Waals surface area contributed by atoms with Crippen LogP contribution in [0.1, 0.15) is 22.5 Å². The first-order chi connectivity index (χ1) is 18.0. The minimum absolute atomic E-state index is 0.209. The first kappa shape index (κ1) is 25.2. The van der Waals surface area contributed by atoms with Gasteiger partial charge in [-0.2, -0.15) is 0 Å². The third-order valence-electron chi connectivity index (χ3n) is 6.81. The molecular weight excluding hydrogens is 482 g/mol. The molecule has 1 aromatic heterocycles. The quantitative estimate of drug-likeness (QED) is 0.368. The number of amides is 2. The standard InChI is InChI=1S/C29H31N5O2S/c1-21-19-22(2)31-29(30-21)37-26-25(27(35)34(28(26)36)14-13-23-9-5-3-6-10-23)33-17-15-32(16-18-33)20-24-11-7-4-8-12-24/h3-12,19H,13-18,20H2,1-2H3/p+1. The second-order valence-corrected chi connectivity index (χ2v) is 10.6. The van der Waals surface area contributed by atoms with E-state index in [1.54, 1.807) is 0 Å². The van der Waals surface area contributed by atoms with Gasteiger partial charge < -0.3 is 9.80 Å². The summed E-state index contributed by atoms with van der Waals surface area (Å²) in [6.45, 7) is 8.39. The predicted molar refractivity (Wildman–Crippen MR) is 144 cm³/mol. The Labute approximate surface area is 222 Å². The van der Waals surface area contributed by atoms with Gasteiger partial charge in [-0.1, -0.05) is 60.7 Å². The fraction of sp³-hybridized carbons (Fsp3) is 0.310. The van der Waals surface area contributed by atoms with E-state index in [9.17, 15) is 9.59 Å². The largest absolute Gasteiger partial charge is 0.355 e. The summed E-state index contributed by atoms with van der Waals surface area (Å²) in [4.78, 5) is 41.8. The molecule has 0 bridgehead atoms. The summed E-state index contributed by atoms with van der Waals surface area (Å²) in [6, 6.07) is 22.4. The molecule has 0 spiro atoms. The molecule has 0 atom stereocenters. The van der Waals surface area contributed by atoms with Crippen LogP contribution in [-0.4, -0.2) is 64.3 Å². The maximum atomic E-state index is 13.7. The van der Waals surface area contributed by atoms with Gasteiger partial charge in [-0.25, -0.2) is 9.97 Å². The van der Waals surface area contributed by atoms with Gasteiger partial charge in [0.2, 0.25) is 0 Å².